The van der Waals surface area contributed by atoms with Crippen molar-refractivity contribution in [1.29, 1.82) is 0 Å². The SMILES string of the molecule is CCOc1ccc(C(=O)N2CC(N)Cc3ccccc32)cc1. The molecule has 22 heavy (non-hydrogen) atoms. The van der Waals surface area contributed by atoms with E-state index in [1.165, 1.54) is 0 Å². The van der Waals surface area contributed by atoms with E-state index in [4.69, 9.17) is 10.5 Å². The number of carbonyl (C=O) groups excluding carboxylic acids is 1. The molecule has 0 spiro atoms. The van der Waals surface area contributed by atoms with Gasteiger partial charge >= 0.3 is 0 Å². The minimum absolute atomic E-state index is 0.0225. The van der Waals surface area contributed by atoms with Crippen LogP contribution in [0.5, 0.6) is 5.75 Å². The van der Waals surface area contributed by atoms with Gasteiger partial charge in [-0.05, 0) is 49.2 Å². The molecule has 1 aliphatic rings. The minimum Gasteiger partial charge on any atom is -0.494 e. The Balaban J connectivity index is 1.88. The van der Waals surface area contributed by atoms with Crippen LogP contribution in [0.1, 0.15) is 22.8 Å². The predicted octanol–water partition coefficient (Wildman–Crippen LogP) is 2.62. The van der Waals surface area contributed by atoms with E-state index in [-0.39, 0.29) is 11.9 Å². The monoisotopic (exact) mass is 296 g/mol. The molecule has 114 valence electrons. The van der Waals surface area contributed by atoms with E-state index in [9.17, 15) is 4.79 Å². The van der Waals surface area contributed by atoms with Gasteiger partial charge in [0.2, 0.25) is 0 Å². The van der Waals surface area contributed by atoms with Crippen LogP contribution in [0.15, 0.2) is 48.5 Å². The number of hydrogen-bond acceptors (Lipinski definition) is 3. The van der Waals surface area contributed by atoms with Crippen molar-refractivity contribution < 1.29 is 9.53 Å². The lowest BCUT2D eigenvalue weighted by Crippen LogP contribution is -2.46. The first kappa shape index (κ1) is 14.6. The average molecular weight is 296 g/mol. The van der Waals surface area contributed by atoms with Crippen LogP contribution >= 0.6 is 0 Å². The summed E-state index contributed by atoms with van der Waals surface area (Å²) in [4.78, 5) is 14.6. The summed E-state index contributed by atoms with van der Waals surface area (Å²) in [7, 11) is 0. The van der Waals surface area contributed by atoms with Gasteiger partial charge in [-0.3, -0.25) is 4.79 Å². The van der Waals surface area contributed by atoms with Gasteiger partial charge in [0, 0.05) is 23.8 Å². The summed E-state index contributed by atoms with van der Waals surface area (Å²) in [5, 5.41) is 0. The van der Waals surface area contributed by atoms with E-state index >= 15 is 0 Å². The fourth-order valence-corrected chi connectivity index (χ4v) is 2.84. The highest BCUT2D eigenvalue weighted by molar-refractivity contribution is 6.06. The van der Waals surface area contributed by atoms with Crippen LogP contribution in [0.3, 0.4) is 0 Å². The highest BCUT2D eigenvalue weighted by Gasteiger charge is 2.27. The Morgan fingerprint density at radius 3 is 2.68 bits per heavy atom. The highest BCUT2D eigenvalue weighted by Crippen LogP contribution is 2.28. The second-order valence-corrected chi connectivity index (χ2v) is 5.47. The second-order valence-electron chi connectivity index (χ2n) is 5.47. The van der Waals surface area contributed by atoms with Gasteiger partial charge in [-0.2, -0.15) is 0 Å². The molecule has 4 nitrogen and oxygen atoms in total. The molecule has 0 saturated heterocycles. The number of ether oxygens (including phenoxy) is 1. The number of nitrogens with two attached hydrogens (primary N) is 1. The molecule has 2 aromatic carbocycles. The van der Waals surface area contributed by atoms with E-state index in [0.29, 0.717) is 18.7 Å². The normalized spacial score (nSPS) is 17.0. The number of para-hydroxylation sites is 1. The van der Waals surface area contributed by atoms with Crippen molar-refractivity contribution in [3.63, 3.8) is 0 Å². The quantitative estimate of drug-likeness (QED) is 0.947. The van der Waals surface area contributed by atoms with Crippen LogP contribution in [0, 0.1) is 0 Å². The second kappa shape index (κ2) is 6.20. The van der Waals surface area contributed by atoms with Crippen molar-refractivity contribution in [3.8, 4) is 5.75 Å². The molecule has 0 fully saturated rings. The van der Waals surface area contributed by atoms with Crippen LogP contribution in [-0.2, 0) is 6.42 Å². The summed E-state index contributed by atoms with van der Waals surface area (Å²) in [6, 6.07) is 15.2. The van der Waals surface area contributed by atoms with Crippen LogP contribution < -0.4 is 15.4 Å². The third-order valence-corrected chi connectivity index (χ3v) is 3.84. The molecule has 0 bridgehead atoms. The largest absolute Gasteiger partial charge is 0.494 e. The zero-order valence-corrected chi connectivity index (χ0v) is 12.7. The van der Waals surface area contributed by atoms with Gasteiger partial charge < -0.3 is 15.4 Å². The Morgan fingerprint density at radius 1 is 1.23 bits per heavy atom. The lowest BCUT2D eigenvalue weighted by atomic mass is 9.97. The average Bonchev–Trinajstić information content (AvgIpc) is 2.54. The maximum absolute atomic E-state index is 12.8. The predicted molar refractivity (Wildman–Crippen MR) is 87.4 cm³/mol. The van der Waals surface area contributed by atoms with Gasteiger partial charge in [0.25, 0.3) is 5.91 Å². The summed E-state index contributed by atoms with van der Waals surface area (Å²) in [5.41, 5.74) is 8.84. The molecule has 2 aromatic rings. The Hall–Kier alpha value is -2.33. The van der Waals surface area contributed by atoms with Crippen LogP contribution in [0.2, 0.25) is 0 Å². The molecule has 0 saturated carbocycles. The van der Waals surface area contributed by atoms with Gasteiger partial charge in [0.05, 0.1) is 6.61 Å². The highest BCUT2D eigenvalue weighted by atomic mass is 16.5. The van der Waals surface area contributed by atoms with E-state index in [2.05, 4.69) is 0 Å². The lowest BCUT2D eigenvalue weighted by Gasteiger charge is -2.33. The molecule has 2 N–H and O–H groups in total. The van der Waals surface area contributed by atoms with Crippen molar-refractivity contribution >= 4 is 11.6 Å². The first-order valence-corrected chi connectivity index (χ1v) is 7.57. The zero-order chi connectivity index (χ0) is 15.5. The van der Waals surface area contributed by atoms with Crippen molar-refractivity contribution in [2.75, 3.05) is 18.1 Å². The number of benzene rings is 2. The maximum atomic E-state index is 12.8. The zero-order valence-electron chi connectivity index (χ0n) is 12.7. The molecular formula is C18H20N2O2. The number of amides is 1. The van der Waals surface area contributed by atoms with Crippen LogP contribution in [0.4, 0.5) is 5.69 Å². The Labute approximate surface area is 130 Å². The first-order chi connectivity index (χ1) is 10.7. The van der Waals surface area contributed by atoms with Gasteiger partial charge in [-0.15, -0.1) is 0 Å². The van der Waals surface area contributed by atoms with Gasteiger partial charge in [-0.1, -0.05) is 18.2 Å². The standard InChI is InChI=1S/C18H20N2O2/c1-2-22-16-9-7-13(8-10-16)18(21)20-12-15(19)11-14-5-3-4-6-17(14)20/h3-10,15H,2,11-12,19H2,1H3. The number of fused-ring (bicyclic) bond motifs is 1. The summed E-state index contributed by atoms with van der Waals surface area (Å²) in [5.74, 6) is 0.750. The molecule has 3 rings (SSSR count). The number of anilines is 1. The third-order valence-electron chi connectivity index (χ3n) is 3.84. The molecule has 1 atom stereocenters. The topological polar surface area (TPSA) is 55.6 Å². The molecule has 1 heterocycles. The molecule has 0 radical (unpaired) electrons. The Kier molecular flexibility index (Phi) is 4.11. The molecule has 1 unspecified atom stereocenters. The fourth-order valence-electron chi connectivity index (χ4n) is 2.84. The summed E-state index contributed by atoms with van der Waals surface area (Å²) in [6.45, 7) is 3.09. The van der Waals surface area contributed by atoms with E-state index in [1.807, 2.05) is 43.3 Å². The Morgan fingerprint density at radius 2 is 1.95 bits per heavy atom. The third kappa shape index (κ3) is 2.83. The van der Waals surface area contributed by atoms with Crippen molar-refractivity contribution in [2.24, 2.45) is 5.73 Å². The number of hydrogen-bond donors (Lipinski definition) is 1. The summed E-state index contributed by atoms with van der Waals surface area (Å²) in [6.07, 6.45) is 0.809. The Bertz CT molecular complexity index is 667. The number of nitrogens with zero attached hydrogens (tertiary/aromatic N) is 1. The summed E-state index contributed by atoms with van der Waals surface area (Å²) < 4.78 is 5.41. The molecule has 0 aliphatic carbocycles. The first-order valence-electron chi connectivity index (χ1n) is 7.57. The molecular weight excluding hydrogens is 276 g/mol. The summed E-state index contributed by atoms with van der Waals surface area (Å²) >= 11 is 0. The molecule has 1 amide bonds. The molecule has 1 aliphatic heterocycles. The number of rotatable bonds is 3. The molecule has 4 heteroatoms. The maximum Gasteiger partial charge on any atom is 0.258 e. The van der Waals surface area contributed by atoms with E-state index < -0.39 is 0 Å². The van der Waals surface area contributed by atoms with E-state index in [0.717, 1.165) is 23.4 Å². The molecule has 0 aromatic heterocycles. The van der Waals surface area contributed by atoms with Crippen LogP contribution in [-0.4, -0.2) is 25.1 Å². The van der Waals surface area contributed by atoms with Gasteiger partial charge in [0.15, 0.2) is 0 Å². The van der Waals surface area contributed by atoms with E-state index in [1.54, 1.807) is 17.0 Å². The number of carbonyl (C=O) groups is 1. The van der Waals surface area contributed by atoms with Gasteiger partial charge in [-0.25, -0.2) is 0 Å². The minimum atomic E-state index is -0.0263. The lowest BCUT2D eigenvalue weighted by molar-refractivity contribution is 0.0983. The van der Waals surface area contributed by atoms with Crippen molar-refractivity contribution in [1.82, 2.24) is 0 Å². The van der Waals surface area contributed by atoms with Crippen molar-refractivity contribution in [3.05, 3.63) is 59.7 Å². The smallest absolute Gasteiger partial charge is 0.258 e. The fraction of sp³-hybridized carbons (Fsp3) is 0.278. The van der Waals surface area contributed by atoms with Gasteiger partial charge in [0.1, 0.15) is 5.75 Å². The van der Waals surface area contributed by atoms with Crippen molar-refractivity contribution in [2.45, 2.75) is 19.4 Å². The van der Waals surface area contributed by atoms with Crippen LogP contribution in [0.25, 0.3) is 0 Å².